The van der Waals surface area contributed by atoms with Crippen LogP contribution in [0.25, 0.3) is 0 Å². The van der Waals surface area contributed by atoms with Gasteiger partial charge in [0.15, 0.2) is 0 Å². The number of para-hydroxylation sites is 1. The molecule has 4 heteroatoms. The smallest absolute Gasteiger partial charge is 0.258 e. The van der Waals surface area contributed by atoms with Gasteiger partial charge in [-0.1, -0.05) is 18.2 Å². The second kappa shape index (κ2) is 4.94. The Bertz CT molecular complexity index is 684. The molecule has 0 bridgehead atoms. The maximum absolute atomic E-state index is 12.7. The van der Waals surface area contributed by atoms with Gasteiger partial charge in [0.05, 0.1) is 0 Å². The fourth-order valence-electron chi connectivity index (χ4n) is 2.69. The normalized spacial score (nSPS) is 17.1. The van der Waals surface area contributed by atoms with Crippen molar-refractivity contribution in [2.75, 3.05) is 10.6 Å². The standard InChI is InChI=1S/C16H15BrN2O/c1-10-8-11-4-2-3-5-15(11)19(10)16(20)12-6-7-13(17)14(18)9-12/h2-7,9-10H,8,18H2,1H3. The maximum Gasteiger partial charge on any atom is 0.258 e. The zero-order valence-corrected chi connectivity index (χ0v) is 12.7. The monoisotopic (exact) mass is 330 g/mol. The van der Waals surface area contributed by atoms with Crippen molar-refractivity contribution < 1.29 is 4.79 Å². The lowest BCUT2D eigenvalue weighted by molar-refractivity contribution is 0.0981. The van der Waals surface area contributed by atoms with Crippen molar-refractivity contribution in [1.82, 2.24) is 0 Å². The van der Waals surface area contributed by atoms with Crippen molar-refractivity contribution in [3.05, 3.63) is 58.1 Å². The molecule has 1 heterocycles. The molecule has 0 radical (unpaired) electrons. The number of fused-ring (bicyclic) bond motifs is 1. The molecule has 0 aliphatic carbocycles. The molecule has 1 aliphatic heterocycles. The molecule has 3 rings (SSSR count). The highest BCUT2D eigenvalue weighted by atomic mass is 79.9. The molecule has 0 saturated heterocycles. The van der Waals surface area contributed by atoms with Gasteiger partial charge >= 0.3 is 0 Å². The number of anilines is 2. The molecule has 1 aliphatic rings. The molecule has 20 heavy (non-hydrogen) atoms. The van der Waals surface area contributed by atoms with E-state index in [-0.39, 0.29) is 11.9 Å². The SMILES string of the molecule is CC1Cc2ccccc2N1C(=O)c1ccc(Br)c(N)c1. The van der Waals surface area contributed by atoms with Crippen LogP contribution in [-0.2, 0) is 6.42 Å². The Labute approximate surface area is 126 Å². The second-order valence-electron chi connectivity index (χ2n) is 5.09. The Morgan fingerprint density at radius 2 is 2.05 bits per heavy atom. The molecule has 0 saturated carbocycles. The summed E-state index contributed by atoms with van der Waals surface area (Å²) in [4.78, 5) is 14.6. The van der Waals surface area contributed by atoms with Gasteiger partial charge in [-0.3, -0.25) is 4.79 Å². The quantitative estimate of drug-likeness (QED) is 0.811. The van der Waals surface area contributed by atoms with Crippen LogP contribution in [0.5, 0.6) is 0 Å². The molecule has 0 aromatic heterocycles. The average Bonchev–Trinajstić information content (AvgIpc) is 2.77. The number of amides is 1. The molecule has 102 valence electrons. The minimum Gasteiger partial charge on any atom is -0.398 e. The molecule has 0 spiro atoms. The number of rotatable bonds is 1. The van der Waals surface area contributed by atoms with Crippen molar-refractivity contribution in [3.8, 4) is 0 Å². The number of hydrogen-bond donors (Lipinski definition) is 1. The van der Waals surface area contributed by atoms with Crippen molar-refractivity contribution in [3.63, 3.8) is 0 Å². The molecule has 2 aromatic carbocycles. The van der Waals surface area contributed by atoms with Gasteiger partial charge in [0.2, 0.25) is 0 Å². The maximum atomic E-state index is 12.7. The van der Waals surface area contributed by atoms with E-state index in [1.807, 2.05) is 29.2 Å². The molecule has 3 nitrogen and oxygen atoms in total. The molecule has 2 aromatic rings. The van der Waals surface area contributed by atoms with E-state index < -0.39 is 0 Å². The highest BCUT2D eigenvalue weighted by Crippen LogP contribution is 2.33. The van der Waals surface area contributed by atoms with Crippen LogP contribution in [-0.4, -0.2) is 11.9 Å². The highest BCUT2D eigenvalue weighted by Gasteiger charge is 2.31. The van der Waals surface area contributed by atoms with Crippen molar-refractivity contribution in [2.45, 2.75) is 19.4 Å². The topological polar surface area (TPSA) is 46.3 Å². The summed E-state index contributed by atoms with van der Waals surface area (Å²) in [5.74, 6) is 0.00153. The Kier molecular flexibility index (Phi) is 3.26. The van der Waals surface area contributed by atoms with Crippen molar-refractivity contribution >= 4 is 33.2 Å². The van der Waals surface area contributed by atoms with Crippen LogP contribution in [0.1, 0.15) is 22.8 Å². The zero-order valence-electron chi connectivity index (χ0n) is 11.1. The zero-order chi connectivity index (χ0) is 14.3. The summed E-state index contributed by atoms with van der Waals surface area (Å²) in [6.45, 7) is 2.07. The number of benzene rings is 2. The van der Waals surface area contributed by atoms with E-state index in [0.29, 0.717) is 11.3 Å². The summed E-state index contributed by atoms with van der Waals surface area (Å²) in [6.07, 6.45) is 0.897. The van der Waals surface area contributed by atoms with Gasteiger partial charge in [-0.2, -0.15) is 0 Å². The highest BCUT2D eigenvalue weighted by molar-refractivity contribution is 9.10. The third-order valence-corrected chi connectivity index (χ3v) is 4.39. The van der Waals surface area contributed by atoms with Gasteiger partial charge in [-0.15, -0.1) is 0 Å². The number of hydrogen-bond acceptors (Lipinski definition) is 2. The molecule has 1 amide bonds. The lowest BCUT2D eigenvalue weighted by Crippen LogP contribution is -2.35. The Morgan fingerprint density at radius 1 is 1.30 bits per heavy atom. The fraction of sp³-hybridized carbons (Fsp3) is 0.188. The van der Waals surface area contributed by atoms with E-state index in [1.165, 1.54) is 5.56 Å². The average molecular weight is 331 g/mol. The van der Waals surface area contributed by atoms with E-state index >= 15 is 0 Å². The Balaban J connectivity index is 2.00. The lowest BCUT2D eigenvalue weighted by Gasteiger charge is -2.23. The predicted molar refractivity (Wildman–Crippen MR) is 85.0 cm³/mol. The van der Waals surface area contributed by atoms with Crippen LogP contribution >= 0.6 is 15.9 Å². The molecule has 1 atom stereocenters. The number of carbonyl (C=O) groups excluding carboxylic acids is 1. The number of nitrogens with two attached hydrogens (primary N) is 1. The number of halogens is 1. The summed E-state index contributed by atoms with van der Waals surface area (Å²) in [5.41, 5.74) is 9.29. The number of nitrogens with zero attached hydrogens (tertiary/aromatic N) is 1. The van der Waals surface area contributed by atoms with Gasteiger partial charge in [0.25, 0.3) is 5.91 Å². The van der Waals surface area contributed by atoms with Crippen LogP contribution < -0.4 is 10.6 Å². The first kappa shape index (κ1) is 13.2. The van der Waals surface area contributed by atoms with Crippen LogP contribution in [0.3, 0.4) is 0 Å². The first-order valence-electron chi connectivity index (χ1n) is 6.54. The second-order valence-corrected chi connectivity index (χ2v) is 5.95. The van der Waals surface area contributed by atoms with Gasteiger partial charge in [0, 0.05) is 27.5 Å². The van der Waals surface area contributed by atoms with Gasteiger partial charge in [-0.25, -0.2) is 0 Å². The van der Waals surface area contributed by atoms with Crippen molar-refractivity contribution in [1.29, 1.82) is 0 Å². The van der Waals surface area contributed by atoms with E-state index in [1.54, 1.807) is 12.1 Å². The Hall–Kier alpha value is -1.81. The summed E-state index contributed by atoms with van der Waals surface area (Å²) in [5, 5.41) is 0. The van der Waals surface area contributed by atoms with Crippen LogP contribution in [0.2, 0.25) is 0 Å². The van der Waals surface area contributed by atoms with Gasteiger partial charge in [0.1, 0.15) is 0 Å². The van der Waals surface area contributed by atoms with E-state index in [0.717, 1.165) is 16.6 Å². The minimum atomic E-state index is 0.00153. The van der Waals surface area contributed by atoms with Crippen LogP contribution in [0.15, 0.2) is 46.9 Å². The first-order valence-corrected chi connectivity index (χ1v) is 7.33. The molecule has 0 fully saturated rings. The molecular weight excluding hydrogens is 316 g/mol. The summed E-state index contributed by atoms with van der Waals surface area (Å²) < 4.78 is 0.809. The minimum absolute atomic E-state index is 0.00153. The third-order valence-electron chi connectivity index (χ3n) is 3.67. The first-order chi connectivity index (χ1) is 9.58. The molecule has 1 unspecified atom stereocenters. The van der Waals surface area contributed by atoms with Gasteiger partial charge in [-0.05, 0) is 59.1 Å². The van der Waals surface area contributed by atoms with Crippen molar-refractivity contribution in [2.24, 2.45) is 0 Å². The number of nitrogen functional groups attached to an aromatic ring is 1. The fourth-order valence-corrected chi connectivity index (χ4v) is 2.94. The molecular formula is C16H15BrN2O. The van der Waals surface area contributed by atoms with Crippen LogP contribution in [0.4, 0.5) is 11.4 Å². The summed E-state index contributed by atoms with van der Waals surface area (Å²) >= 11 is 3.35. The predicted octanol–water partition coefficient (Wildman–Crippen LogP) is 3.62. The van der Waals surface area contributed by atoms with E-state index in [9.17, 15) is 4.79 Å². The van der Waals surface area contributed by atoms with E-state index in [4.69, 9.17) is 5.73 Å². The van der Waals surface area contributed by atoms with Gasteiger partial charge < -0.3 is 10.6 Å². The largest absolute Gasteiger partial charge is 0.398 e. The third kappa shape index (κ3) is 2.10. The molecule has 2 N–H and O–H groups in total. The number of carbonyl (C=O) groups is 1. The summed E-state index contributed by atoms with van der Waals surface area (Å²) in [6, 6.07) is 13.6. The van der Waals surface area contributed by atoms with Crippen LogP contribution in [0, 0.1) is 0 Å². The lowest BCUT2D eigenvalue weighted by atomic mass is 10.1. The summed E-state index contributed by atoms with van der Waals surface area (Å²) in [7, 11) is 0. The van der Waals surface area contributed by atoms with E-state index in [2.05, 4.69) is 28.9 Å². The Morgan fingerprint density at radius 3 is 2.80 bits per heavy atom.